The smallest absolute Gasteiger partial charge is 0.409 e. The van der Waals surface area contributed by atoms with Crippen molar-refractivity contribution in [3.8, 4) is 5.75 Å². The second-order valence-corrected chi connectivity index (χ2v) is 7.98. The van der Waals surface area contributed by atoms with E-state index in [1.54, 1.807) is 14.0 Å². The molecule has 0 bridgehead atoms. The number of phenolic OH excluding ortho intramolecular Hbond substituents is 1. The van der Waals surface area contributed by atoms with Gasteiger partial charge in [0.2, 0.25) is 0 Å². The Hall–Kier alpha value is -2.58. The molecule has 0 fully saturated rings. The molecular formula is C20H25NO6S. The molecule has 2 aromatic carbocycles. The van der Waals surface area contributed by atoms with Crippen molar-refractivity contribution >= 4 is 16.2 Å². The summed E-state index contributed by atoms with van der Waals surface area (Å²) < 4.78 is 34.7. The first kappa shape index (κ1) is 21.7. The Morgan fingerprint density at radius 1 is 1.11 bits per heavy atom. The van der Waals surface area contributed by atoms with Gasteiger partial charge in [-0.2, -0.15) is 8.42 Å². The number of rotatable bonds is 9. The summed E-state index contributed by atoms with van der Waals surface area (Å²) in [6.45, 7) is 2.24. The minimum absolute atomic E-state index is 0.00959. The number of aryl methyl sites for hydroxylation is 1. The van der Waals surface area contributed by atoms with E-state index in [4.69, 9.17) is 8.92 Å². The zero-order valence-corrected chi connectivity index (χ0v) is 16.8. The number of ether oxygens (including phenoxy) is 1. The predicted octanol–water partition coefficient (Wildman–Crippen LogP) is 3.45. The van der Waals surface area contributed by atoms with Crippen LogP contribution in [0.25, 0.3) is 0 Å². The summed E-state index contributed by atoms with van der Waals surface area (Å²) in [7, 11) is -2.31. The van der Waals surface area contributed by atoms with Gasteiger partial charge in [-0.05, 0) is 37.0 Å². The van der Waals surface area contributed by atoms with Crippen LogP contribution in [0.1, 0.15) is 24.0 Å². The zero-order valence-electron chi connectivity index (χ0n) is 16.0. The lowest BCUT2D eigenvalue weighted by Gasteiger charge is -2.17. The lowest BCUT2D eigenvalue weighted by Crippen LogP contribution is -2.28. The van der Waals surface area contributed by atoms with Gasteiger partial charge in [0.1, 0.15) is 17.3 Å². The van der Waals surface area contributed by atoms with E-state index in [1.807, 2.05) is 30.3 Å². The summed E-state index contributed by atoms with van der Waals surface area (Å²) in [4.78, 5) is 13.3. The van der Waals surface area contributed by atoms with Gasteiger partial charge in [-0.25, -0.2) is 4.79 Å². The molecule has 0 aromatic heterocycles. The molecule has 2 rings (SSSR count). The van der Waals surface area contributed by atoms with E-state index in [9.17, 15) is 18.3 Å². The first-order valence-electron chi connectivity index (χ1n) is 8.90. The molecule has 0 radical (unpaired) electrons. The molecular weight excluding hydrogens is 382 g/mol. The van der Waals surface area contributed by atoms with Crippen molar-refractivity contribution in [2.45, 2.75) is 31.3 Å². The van der Waals surface area contributed by atoms with Crippen molar-refractivity contribution in [3.05, 3.63) is 59.7 Å². The second kappa shape index (κ2) is 10.1. The zero-order chi connectivity index (χ0) is 20.6. The Morgan fingerprint density at radius 2 is 1.82 bits per heavy atom. The first-order valence-corrected chi connectivity index (χ1v) is 10.3. The number of aromatic hydroxyl groups is 1. The molecule has 0 unspecified atom stereocenters. The molecule has 2 aromatic rings. The topological polar surface area (TPSA) is 93.1 Å². The number of amides is 1. The van der Waals surface area contributed by atoms with Crippen molar-refractivity contribution in [1.82, 2.24) is 4.90 Å². The van der Waals surface area contributed by atoms with Crippen molar-refractivity contribution in [1.29, 1.82) is 0 Å². The Labute approximate surface area is 165 Å². The van der Waals surface area contributed by atoms with E-state index >= 15 is 0 Å². The van der Waals surface area contributed by atoms with E-state index in [0.717, 1.165) is 5.56 Å². The molecule has 0 aliphatic rings. The maximum absolute atomic E-state index is 12.2. The molecule has 0 aliphatic carbocycles. The van der Waals surface area contributed by atoms with Crippen molar-refractivity contribution < 1.29 is 27.2 Å². The summed E-state index contributed by atoms with van der Waals surface area (Å²) >= 11 is 0. The normalized spacial score (nSPS) is 11.2. The van der Waals surface area contributed by atoms with Gasteiger partial charge in [-0.1, -0.05) is 36.4 Å². The Balaban J connectivity index is 1.70. The number of hydrogen-bond donors (Lipinski definition) is 1. The maximum Gasteiger partial charge on any atom is 0.409 e. The van der Waals surface area contributed by atoms with E-state index in [-0.39, 0.29) is 23.9 Å². The maximum atomic E-state index is 12.2. The molecule has 7 nitrogen and oxygen atoms in total. The van der Waals surface area contributed by atoms with Gasteiger partial charge in [-0.3, -0.25) is 4.18 Å². The summed E-state index contributed by atoms with van der Waals surface area (Å²) in [5.41, 5.74) is 1.41. The highest BCUT2D eigenvalue weighted by atomic mass is 32.2. The van der Waals surface area contributed by atoms with E-state index in [2.05, 4.69) is 0 Å². The van der Waals surface area contributed by atoms with Gasteiger partial charge in [0.25, 0.3) is 10.1 Å². The predicted molar refractivity (Wildman–Crippen MR) is 104 cm³/mol. The first-order chi connectivity index (χ1) is 13.3. The van der Waals surface area contributed by atoms with Crippen LogP contribution < -0.4 is 0 Å². The number of carbonyl (C=O) groups is 1. The lowest BCUT2D eigenvalue weighted by molar-refractivity contribution is 0.104. The summed E-state index contributed by atoms with van der Waals surface area (Å²) in [6, 6.07) is 13.5. The fourth-order valence-electron chi connectivity index (χ4n) is 2.46. The number of benzene rings is 2. The number of carbonyl (C=O) groups excluding carboxylic acids is 1. The van der Waals surface area contributed by atoms with Crippen LogP contribution >= 0.6 is 0 Å². The summed E-state index contributed by atoms with van der Waals surface area (Å²) in [5, 5.41) is 9.47. The van der Waals surface area contributed by atoms with Crippen molar-refractivity contribution in [2.75, 3.05) is 20.2 Å². The van der Waals surface area contributed by atoms with Crippen molar-refractivity contribution in [2.24, 2.45) is 0 Å². The van der Waals surface area contributed by atoms with E-state index in [0.29, 0.717) is 24.9 Å². The van der Waals surface area contributed by atoms with Gasteiger partial charge < -0.3 is 14.7 Å². The highest BCUT2D eigenvalue weighted by Crippen LogP contribution is 2.22. The quantitative estimate of drug-likeness (QED) is 0.505. The van der Waals surface area contributed by atoms with Crippen LogP contribution in [0.2, 0.25) is 0 Å². The molecule has 0 heterocycles. The summed E-state index contributed by atoms with van der Waals surface area (Å²) in [6.07, 6.45) is 0.576. The minimum Gasteiger partial charge on any atom is -0.508 e. The Bertz CT molecular complexity index is 883. The van der Waals surface area contributed by atoms with Crippen LogP contribution in [0, 0.1) is 6.92 Å². The third kappa shape index (κ3) is 6.54. The van der Waals surface area contributed by atoms with Crippen molar-refractivity contribution in [3.63, 3.8) is 0 Å². The molecule has 0 saturated carbocycles. The largest absolute Gasteiger partial charge is 0.508 e. The SMILES string of the molecule is Cc1ccc(O)cc1S(=O)(=O)OCCCCN(C)C(=O)OCc1ccccc1. The number of nitrogens with zero attached hydrogens (tertiary/aromatic N) is 1. The number of unbranched alkanes of at least 4 members (excludes halogenated alkanes) is 1. The van der Waals surface area contributed by atoms with Crippen LogP contribution in [0.4, 0.5) is 4.79 Å². The van der Waals surface area contributed by atoms with Gasteiger partial charge in [0.15, 0.2) is 0 Å². The van der Waals surface area contributed by atoms with Gasteiger partial charge in [-0.15, -0.1) is 0 Å². The van der Waals surface area contributed by atoms with Gasteiger partial charge in [0, 0.05) is 19.7 Å². The molecule has 1 amide bonds. The van der Waals surface area contributed by atoms with E-state index in [1.165, 1.54) is 23.1 Å². The fraction of sp³-hybridized carbons (Fsp3) is 0.350. The monoisotopic (exact) mass is 407 g/mol. The van der Waals surface area contributed by atoms with Gasteiger partial charge in [0.05, 0.1) is 6.61 Å². The average molecular weight is 407 g/mol. The molecule has 0 spiro atoms. The van der Waals surface area contributed by atoms with Crippen LogP contribution in [0.15, 0.2) is 53.4 Å². The number of phenols is 1. The van der Waals surface area contributed by atoms with Crippen LogP contribution in [-0.2, 0) is 25.6 Å². The lowest BCUT2D eigenvalue weighted by atomic mass is 10.2. The molecule has 0 saturated heterocycles. The van der Waals surface area contributed by atoms with Crippen LogP contribution in [0.5, 0.6) is 5.75 Å². The third-order valence-corrected chi connectivity index (χ3v) is 5.54. The van der Waals surface area contributed by atoms with Gasteiger partial charge >= 0.3 is 6.09 Å². The number of hydrogen-bond acceptors (Lipinski definition) is 6. The molecule has 8 heteroatoms. The van der Waals surface area contributed by atoms with E-state index < -0.39 is 16.2 Å². The Morgan fingerprint density at radius 3 is 2.54 bits per heavy atom. The Kier molecular flexibility index (Phi) is 7.83. The fourth-order valence-corrected chi connectivity index (χ4v) is 3.65. The molecule has 1 N–H and O–H groups in total. The highest BCUT2D eigenvalue weighted by Gasteiger charge is 2.18. The molecule has 0 atom stereocenters. The summed E-state index contributed by atoms with van der Waals surface area (Å²) in [5.74, 6) is -0.136. The third-order valence-electron chi connectivity index (χ3n) is 4.08. The average Bonchev–Trinajstić information content (AvgIpc) is 2.68. The molecule has 28 heavy (non-hydrogen) atoms. The minimum atomic E-state index is -3.93. The van der Waals surface area contributed by atoms with Crippen LogP contribution in [-0.4, -0.2) is 44.7 Å². The molecule has 152 valence electrons. The highest BCUT2D eigenvalue weighted by molar-refractivity contribution is 7.86. The molecule has 0 aliphatic heterocycles. The standard InChI is InChI=1S/C20H25NO6S/c1-16-10-11-18(22)14-19(16)28(24,25)27-13-7-6-12-21(2)20(23)26-15-17-8-4-3-5-9-17/h3-5,8-11,14,22H,6-7,12-13,15H2,1-2H3. The second-order valence-electron chi connectivity index (χ2n) is 6.39. The van der Waals surface area contributed by atoms with Crippen LogP contribution in [0.3, 0.4) is 0 Å².